The molecule has 1 atom stereocenters. The normalized spacial score (nSPS) is 22.4. The molecule has 1 amide bonds. The second-order valence-electron chi connectivity index (χ2n) is 4.26. The van der Waals surface area contributed by atoms with Crippen molar-refractivity contribution in [2.45, 2.75) is 33.1 Å². The number of esters is 2. The summed E-state index contributed by atoms with van der Waals surface area (Å²) < 4.78 is 9.80. The van der Waals surface area contributed by atoms with Gasteiger partial charge in [0.2, 0.25) is 5.91 Å². The molecule has 0 spiro atoms. The number of carbonyl (C=O) groups excluding carboxylic acids is 3. The van der Waals surface area contributed by atoms with Crippen LogP contribution in [0.1, 0.15) is 33.1 Å². The number of amides is 1. The first-order chi connectivity index (χ1) is 8.54. The van der Waals surface area contributed by atoms with Crippen molar-refractivity contribution in [3.63, 3.8) is 0 Å². The largest absolute Gasteiger partial charge is 0.466 e. The molecule has 0 aromatic rings. The fourth-order valence-electron chi connectivity index (χ4n) is 1.98. The van der Waals surface area contributed by atoms with Crippen LogP contribution in [-0.2, 0) is 23.9 Å². The zero-order chi connectivity index (χ0) is 13.6. The summed E-state index contributed by atoms with van der Waals surface area (Å²) in [5.41, 5.74) is -0.917. The van der Waals surface area contributed by atoms with Crippen LogP contribution in [0.25, 0.3) is 0 Å². The van der Waals surface area contributed by atoms with Crippen molar-refractivity contribution >= 4 is 17.8 Å². The summed E-state index contributed by atoms with van der Waals surface area (Å²) in [5, 5.41) is 2.61. The van der Waals surface area contributed by atoms with Gasteiger partial charge in [0, 0.05) is 19.4 Å². The summed E-state index contributed by atoms with van der Waals surface area (Å²) in [6.07, 6.45) is 0.455. The van der Waals surface area contributed by atoms with E-state index in [1.54, 1.807) is 13.8 Å². The molecule has 102 valence electrons. The topological polar surface area (TPSA) is 81.7 Å². The Hall–Kier alpha value is -1.59. The summed E-state index contributed by atoms with van der Waals surface area (Å²) in [6, 6.07) is 0. The third-order valence-corrected chi connectivity index (χ3v) is 2.94. The lowest BCUT2D eigenvalue weighted by molar-refractivity contribution is -0.156. The Balaban J connectivity index is 2.64. The van der Waals surface area contributed by atoms with Gasteiger partial charge in [-0.2, -0.15) is 0 Å². The fourth-order valence-corrected chi connectivity index (χ4v) is 1.98. The lowest BCUT2D eigenvalue weighted by atomic mass is 9.82. The minimum atomic E-state index is -0.917. The quantitative estimate of drug-likeness (QED) is 0.696. The van der Waals surface area contributed by atoms with Crippen LogP contribution >= 0.6 is 0 Å². The predicted octanol–water partition coefficient (Wildman–Crippen LogP) is 0.399. The Morgan fingerprint density at radius 2 is 1.94 bits per heavy atom. The fraction of sp³-hybridized carbons (Fsp3) is 0.750. The molecule has 0 bridgehead atoms. The number of hydrogen-bond acceptors (Lipinski definition) is 5. The van der Waals surface area contributed by atoms with Gasteiger partial charge in [-0.15, -0.1) is 0 Å². The molecule has 0 saturated carbocycles. The van der Waals surface area contributed by atoms with Crippen molar-refractivity contribution < 1.29 is 23.9 Å². The molecule has 0 aromatic carbocycles. The second kappa shape index (κ2) is 6.37. The Labute approximate surface area is 106 Å². The van der Waals surface area contributed by atoms with Crippen molar-refractivity contribution in [2.75, 3.05) is 19.8 Å². The molecule has 0 unspecified atom stereocenters. The Bertz CT molecular complexity index is 341. The molecule has 0 aliphatic carbocycles. The number of nitrogens with one attached hydrogen (secondary N) is 1. The van der Waals surface area contributed by atoms with Crippen LogP contribution in [0.3, 0.4) is 0 Å². The van der Waals surface area contributed by atoms with Crippen LogP contribution in [0.5, 0.6) is 0 Å². The molecular weight excluding hydrogens is 238 g/mol. The minimum Gasteiger partial charge on any atom is -0.466 e. The third-order valence-electron chi connectivity index (χ3n) is 2.94. The number of rotatable bonds is 6. The molecule has 1 fully saturated rings. The molecule has 1 saturated heterocycles. The zero-order valence-corrected chi connectivity index (χ0v) is 10.8. The highest BCUT2D eigenvalue weighted by Crippen LogP contribution is 2.33. The highest BCUT2D eigenvalue weighted by molar-refractivity contribution is 5.90. The molecule has 0 radical (unpaired) electrons. The maximum Gasteiger partial charge on any atom is 0.314 e. The number of ether oxygens (including phenoxy) is 2. The van der Waals surface area contributed by atoms with Gasteiger partial charge in [-0.1, -0.05) is 0 Å². The summed E-state index contributed by atoms with van der Waals surface area (Å²) in [5.74, 6) is -0.972. The van der Waals surface area contributed by atoms with Crippen molar-refractivity contribution in [3.8, 4) is 0 Å². The monoisotopic (exact) mass is 257 g/mol. The van der Waals surface area contributed by atoms with Crippen LogP contribution < -0.4 is 5.32 Å². The molecule has 6 nitrogen and oxygen atoms in total. The average Bonchev–Trinajstić information content (AvgIpc) is 2.71. The summed E-state index contributed by atoms with van der Waals surface area (Å²) >= 11 is 0. The molecular formula is C12H19NO5. The molecule has 1 heterocycles. The van der Waals surface area contributed by atoms with Crippen molar-refractivity contribution in [1.82, 2.24) is 5.32 Å². The van der Waals surface area contributed by atoms with Gasteiger partial charge in [0.1, 0.15) is 0 Å². The number of hydrogen-bond donors (Lipinski definition) is 1. The highest BCUT2D eigenvalue weighted by Gasteiger charge is 2.46. The Morgan fingerprint density at radius 1 is 1.28 bits per heavy atom. The van der Waals surface area contributed by atoms with E-state index in [-0.39, 0.29) is 44.3 Å². The van der Waals surface area contributed by atoms with E-state index in [2.05, 4.69) is 5.32 Å². The van der Waals surface area contributed by atoms with Gasteiger partial charge in [-0.3, -0.25) is 14.4 Å². The molecule has 18 heavy (non-hydrogen) atoms. The lowest BCUT2D eigenvalue weighted by Gasteiger charge is -2.23. The van der Waals surface area contributed by atoms with E-state index in [4.69, 9.17) is 9.47 Å². The smallest absolute Gasteiger partial charge is 0.314 e. The second-order valence-corrected chi connectivity index (χ2v) is 4.26. The summed E-state index contributed by atoms with van der Waals surface area (Å²) in [7, 11) is 0. The van der Waals surface area contributed by atoms with Crippen LogP contribution in [-0.4, -0.2) is 37.6 Å². The molecule has 1 aliphatic rings. The van der Waals surface area contributed by atoms with E-state index in [1.165, 1.54) is 0 Å². The summed E-state index contributed by atoms with van der Waals surface area (Å²) in [4.78, 5) is 34.5. The first-order valence-corrected chi connectivity index (χ1v) is 6.13. The maximum atomic E-state index is 11.9. The molecule has 0 aromatic heterocycles. The van der Waals surface area contributed by atoms with E-state index in [9.17, 15) is 14.4 Å². The summed E-state index contributed by atoms with van der Waals surface area (Å²) in [6.45, 7) is 4.22. The third kappa shape index (κ3) is 3.45. The Kier molecular flexibility index (Phi) is 5.12. The van der Waals surface area contributed by atoms with Crippen LogP contribution in [0.2, 0.25) is 0 Å². The number of carbonyl (C=O) groups is 3. The zero-order valence-electron chi connectivity index (χ0n) is 10.8. The van der Waals surface area contributed by atoms with Gasteiger partial charge in [0.15, 0.2) is 0 Å². The van der Waals surface area contributed by atoms with Gasteiger partial charge in [-0.05, 0) is 20.3 Å². The SMILES string of the molecule is CCOC(=O)CC[C@@]1(C(=O)OCC)CNC(=O)C1. The highest BCUT2D eigenvalue weighted by atomic mass is 16.5. The van der Waals surface area contributed by atoms with E-state index < -0.39 is 11.4 Å². The average molecular weight is 257 g/mol. The Morgan fingerprint density at radius 3 is 2.44 bits per heavy atom. The molecule has 1 aliphatic heterocycles. The van der Waals surface area contributed by atoms with Crippen molar-refractivity contribution in [1.29, 1.82) is 0 Å². The van der Waals surface area contributed by atoms with Crippen LogP contribution in [0, 0.1) is 5.41 Å². The standard InChI is InChI=1S/C12H19NO5/c1-3-17-10(15)5-6-12(11(16)18-4-2)7-9(14)13-8-12/h3-8H2,1-2H3,(H,13,14)/t12-/m0/s1. The van der Waals surface area contributed by atoms with E-state index in [1.807, 2.05) is 0 Å². The van der Waals surface area contributed by atoms with Gasteiger partial charge >= 0.3 is 11.9 Å². The van der Waals surface area contributed by atoms with Crippen molar-refractivity contribution in [2.24, 2.45) is 5.41 Å². The molecule has 6 heteroatoms. The lowest BCUT2D eigenvalue weighted by Crippen LogP contribution is -2.36. The van der Waals surface area contributed by atoms with Gasteiger partial charge in [0.05, 0.1) is 18.6 Å². The van der Waals surface area contributed by atoms with Gasteiger partial charge in [-0.25, -0.2) is 0 Å². The molecule has 1 N–H and O–H groups in total. The minimum absolute atomic E-state index is 0.0746. The van der Waals surface area contributed by atoms with Crippen LogP contribution in [0.15, 0.2) is 0 Å². The van der Waals surface area contributed by atoms with Gasteiger partial charge < -0.3 is 14.8 Å². The van der Waals surface area contributed by atoms with E-state index >= 15 is 0 Å². The van der Waals surface area contributed by atoms with Crippen molar-refractivity contribution in [3.05, 3.63) is 0 Å². The van der Waals surface area contributed by atoms with Crippen LogP contribution in [0.4, 0.5) is 0 Å². The maximum absolute atomic E-state index is 11.9. The van der Waals surface area contributed by atoms with E-state index in [0.29, 0.717) is 6.61 Å². The van der Waals surface area contributed by atoms with Gasteiger partial charge in [0.25, 0.3) is 0 Å². The molecule has 1 rings (SSSR count). The predicted molar refractivity (Wildman–Crippen MR) is 62.6 cm³/mol. The van der Waals surface area contributed by atoms with E-state index in [0.717, 1.165) is 0 Å². The first kappa shape index (κ1) is 14.5. The first-order valence-electron chi connectivity index (χ1n) is 6.13.